The minimum absolute atomic E-state index is 0.0411. The van der Waals surface area contributed by atoms with E-state index >= 15 is 0 Å². The van der Waals surface area contributed by atoms with E-state index in [1.54, 1.807) is 54.6 Å². The van der Waals surface area contributed by atoms with Crippen LogP contribution in [0.25, 0.3) is 11.0 Å². The Kier molecular flexibility index (Phi) is 5.89. The van der Waals surface area contributed by atoms with Crippen molar-refractivity contribution in [3.8, 4) is 11.5 Å². The molecule has 0 fully saturated rings. The Labute approximate surface area is 177 Å². The topological polar surface area (TPSA) is 82.8 Å². The van der Waals surface area contributed by atoms with Gasteiger partial charge in [0.2, 0.25) is 5.78 Å². The normalized spacial score (nSPS) is 10.6. The summed E-state index contributed by atoms with van der Waals surface area (Å²) in [5, 5.41) is 0.574. The van der Waals surface area contributed by atoms with Gasteiger partial charge in [0.1, 0.15) is 35.9 Å². The van der Waals surface area contributed by atoms with Crippen molar-refractivity contribution in [3.63, 3.8) is 0 Å². The molecule has 1 aromatic heterocycles. The molecule has 0 aliphatic carbocycles. The average Bonchev–Trinajstić information content (AvgIpc) is 2.81. The van der Waals surface area contributed by atoms with Crippen LogP contribution in [0.4, 0.5) is 0 Å². The number of benzene rings is 3. The maximum absolute atomic E-state index is 12.6. The van der Waals surface area contributed by atoms with Crippen molar-refractivity contribution in [1.29, 1.82) is 0 Å². The molecule has 0 saturated carbocycles. The van der Waals surface area contributed by atoms with Gasteiger partial charge in [0.25, 0.3) is 0 Å². The lowest BCUT2D eigenvalue weighted by molar-refractivity contribution is -0.123. The number of ether oxygens (including phenoxy) is 2. The van der Waals surface area contributed by atoms with E-state index in [0.717, 1.165) is 0 Å². The highest BCUT2D eigenvalue weighted by atomic mass is 16.5. The predicted octanol–water partition coefficient (Wildman–Crippen LogP) is 4.05. The summed E-state index contributed by atoms with van der Waals surface area (Å²) in [4.78, 5) is 36.9. The van der Waals surface area contributed by atoms with Crippen LogP contribution in [0, 0.1) is 0 Å². The molecule has 4 rings (SSSR count). The first kappa shape index (κ1) is 20.1. The number of carbonyl (C=O) groups excluding carboxylic acids is 2. The highest BCUT2D eigenvalue weighted by molar-refractivity contribution is 6.09. The number of hydrogen-bond acceptors (Lipinski definition) is 6. The number of Topliss-reactive ketones (excluding diaryl/α,β-unsaturated/α-hetero) is 1. The van der Waals surface area contributed by atoms with Crippen LogP contribution in [-0.4, -0.2) is 24.8 Å². The van der Waals surface area contributed by atoms with Gasteiger partial charge in [-0.3, -0.25) is 9.59 Å². The lowest BCUT2D eigenvalue weighted by atomic mass is 10.0. The summed E-state index contributed by atoms with van der Waals surface area (Å²) in [6, 6.07) is 23.9. The largest absolute Gasteiger partial charge is 0.486 e. The van der Waals surface area contributed by atoms with Crippen molar-refractivity contribution >= 4 is 22.5 Å². The second-order valence-corrected chi connectivity index (χ2v) is 6.77. The highest BCUT2D eigenvalue weighted by Crippen LogP contribution is 2.21. The van der Waals surface area contributed by atoms with Crippen molar-refractivity contribution in [2.75, 3.05) is 13.2 Å². The fourth-order valence-electron chi connectivity index (χ4n) is 2.97. The van der Waals surface area contributed by atoms with E-state index < -0.39 is 11.4 Å². The third-order valence-electron chi connectivity index (χ3n) is 4.53. The molecule has 0 aliphatic rings. The summed E-state index contributed by atoms with van der Waals surface area (Å²) >= 11 is 0. The smallest absolute Gasteiger partial charge is 0.347 e. The van der Waals surface area contributed by atoms with Crippen LogP contribution < -0.4 is 15.1 Å². The Balaban J connectivity index is 1.44. The summed E-state index contributed by atoms with van der Waals surface area (Å²) < 4.78 is 16.2. The molecule has 0 spiro atoms. The van der Waals surface area contributed by atoms with E-state index in [1.807, 2.05) is 18.2 Å². The molecule has 6 nitrogen and oxygen atoms in total. The summed E-state index contributed by atoms with van der Waals surface area (Å²) in [5.41, 5.74) is -0.100. The van der Waals surface area contributed by atoms with Gasteiger partial charge in [-0.05, 0) is 30.3 Å². The number of fused-ring (bicyclic) bond motifs is 1. The number of para-hydroxylation sites is 1. The first-order valence-electron chi connectivity index (χ1n) is 9.60. The number of ketones is 2. The molecule has 0 atom stereocenters. The van der Waals surface area contributed by atoms with Crippen molar-refractivity contribution in [2.24, 2.45) is 0 Å². The Bertz CT molecular complexity index is 1280. The Morgan fingerprint density at radius 1 is 0.742 bits per heavy atom. The van der Waals surface area contributed by atoms with Gasteiger partial charge in [0.05, 0.1) is 0 Å². The first-order chi connectivity index (χ1) is 15.1. The first-order valence-corrected chi connectivity index (χ1v) is 9.60. The minimum Gasteiger partial charge on any atom is -0.486 e. The number of rotatable bonds is 8. The molecule has 154 valence electrons. The van der Waals surface area contributed by atoms with Gasteiger partial charge in [-0.1, -0.05) is 48.5 Å². The van der Waals surface area contributed by atoms with Crippen LogP contribution in [-0.2, 0) is 4.79 Å². The standard InChI is InChI=1S/C25H18O6/c26-19(15-29-20-9-5-2-6-10-20)16-30-21-12-11-18-13-22(25(28)31-23(18)14-21)24(27)17-7-3-1-4-8-17/h1-14H,15-16H2. The lowest BCUT2D eigenvalue weighted by Crippen LogP contribution is -2.19. The van der Waals surface area contributed by atoms with Crippen LogP contribution in [0.2, 0.25) is 0 Å². The molecule has 3 aromatic carbocycles. The Morgan fingerprint density at radius 2 is 1.39 bits per heavy atom. The highest BCUT2D eigenvalue weighted by Gasteiger charge is 2.16. The molecule has 0 radical (unpaired) electrons. The number of carbonyl (C=O) groups is 2. The van der Waals surface area contributed by atoms with Gasteiger partial charge in [0.15, 0.2) is 5.78 Å². The van der Waals surface area contributed by atoms with Crippen molar-refractivity contribution in [2.45, 2.75) is 0 Å². The zero-order valence-electron chi connectivity index (χ0n) is 16.4. The fraction of sp³-hybridized carbons (Fsp3) is 0.0800. The van der Waals surface area contributed by atoms with Gasteiger partial charge in [-0.15, -0.1) is 0 Å². The zero-order valence-corrected chi connectivity index (χ0v) is 16.4. The molecule has 6 heteroatoms. The molecule has 1 heterocycles. The van der Waals surface area contributed by atoms with Crippen LogP contribution in [0.3, 0.4) is 0 Å². The molecule has 31 heavy (non-hydrogen) atoms. The summed E-state index contributed by atoms with van der Waals surface area (Å²) in [6.45, 7) is -0.301. The van der Waals surface area contributed by atoms with Gasteiger partial charge in [-0.25, -0.2) is 4.79 Å². The monoisotopic (exact) mass is 414 g/mol. The van der Waals surface area contributed by atoms with E-state index in [2.05, 4.69) is 0 Å². The van der Waals surface area contributed by atoms with E-state index in [9.17, 15) is 14.4 Å². The summed E-state index contributed by atoms with van der Waals surface area (Å²) in [5.74, 6) is 0.324. The molecule has 0 unspecified atom stereocenters. The molecule has 4 aromatic rings. The minimum atomic E-state index is -0.731. The van der Waals surface area contributed by atoms with Crippen LogP contribution in [0.15, 0.2) is 94.1 Å². The summed E-state index contributed by atoms with van der Waals surface area (Å²) in [7, 11) is 0. The van der Waals surface area contributed by atoms with Crippen LogP contribution in [0.1, 0.15) is 15.9 Å². The van der Waals surface area contributed by atoms with Crippen LogP contribution >= 0.6 is 0 Å². The van der Waals surface area contributed by atoms with E-state index in [4.69, 9.17) is 13.9 Å². The predicted molar refractivity (Wildman–Crippen MR) is 115 cm³/mol. The maximum atomic E-state index is 12.6. The van der Waals surface area contributed by atoms with E-state index in [0.29, 0.717) is 22.4 Å². The lowest BCUT2D eigenvalue weighted by Gasteiger charge is -2.08. The zero-order chi connectivity index (χ0) is 21.6. The molecular weight excluding hydrogens is 396 g/mol. The average molecular weight is 414 g/mol. The van der Waals surface area contributed by atoms with Gasteiger partial charge in [0, 0.05) is 17.0 Å². The van der Waals surface area contributed by atoms with E-state index in [-0.39, 0.29) is 30.1 Å². The van der Waals surface area contributed by atoms with Crippen LogP contribution in [0.5, 0.6) is 11.5 Å². The second-order valence-electron chi connectivity index (χ2n) is 6.77. The van der Waals surface area contributed by atoms with Gasteiger partial charge in [-0.2, -0.15) is 0 Å². The SMILES string of the molecule is O=C(COc1ccccc1)COc1ccc2cc(C(=O)c3ccccc3)c(=O)oc2c1. The molecule has 0 aliphatic heterocycles. The third kappa shape index (κ3) is 4.87. The number of hydrogen-bond donors (Lipinski definition) is 0. The molecule has 0 bridgehead atoms. The summed E-state index contributed by atoms with van der Waals surface area (Å²) in [6.07, 6.45) is 0. The molecule has 0 N–H and O–H groups in total. The molecule has 0 saturated heterocycles. The molecular formula is C25H18O6. The Morgan fingerprint density at radius 3 is 2.10 bits per heavy atom. The Hall–Kier alpha value is -4.19. The third-order valence-corrected chi connectivity index (χ3v) is 4.53. The maximum Gasteiger partial charge on any atom is 0.347 e. The second kappa shape index (κ2) is 9.09. The van der Waals surface area contributed by atoms with Crippen molar-refractivity contribution < 1.29 is 23.5 Å². The fourth-order valence-corrected chi connectivity index (χ4v) is 2.97. The quantitative estimate of drug-likeness (QED) is 0.320. The van der Waals surface area contributed by atoms with Gasteiger partial charge >= 0.3 is 5.63 Å². The molecule has 0 amide bonds. The van der Waals surface area contributed by atoms with Crippen molar-refractivity contribution in [1.82, 2.24) is 0 Å². The van der Waals surface area contributed by atoms with Crippen molar-refractivity contribution in [3.05, 3.63) is 106 Å². The van der Waals surface area contributed by atoms with E-state index in [1.165, 1.54) is 12.1 Å². The van der Waals surface area contributed by atoms with Gasteiger partial charge < -0.3 is 13.9 Å².